The van der Waals surface area contributed by atoms with E-state index >= 15 is 0 Å². The number of carbonyl (C=O) groups excluding carboxylic acids is 1. The maximum atomic E-state index is 13.7. The van der Waals surface area contributed by atoms with Crippen LogP contribution in [-0.2, 0) is 6.42 Å². The third-order valence-corrected chi connectivity index (χ3v) is 7.23. The molecule has 3 aromatic heterocycles. The molecule has 0 radical (unpaired) electrons. The summed E-state index contributed by atoms with van der Waals surface area (Å²) < 4.78 is 2.10. The second-order valence-electron chi connectivity index (χ2n) is 8.54. The third-order valence-electron chi connectivity index (χ3n) is 6.21. The fourth-order valence-electron chi connectivity index (χ4n) is 4.58. The Morgan fingerprint density at radius 1 is 1.12 bits per heavy atom. The summed E-state index contributed by atoms with van der Waals surface area (Å²) in [5, 5.41) is 0.916. The molecule has 32 heavy (non-hydrogen) atoms. The number of carbonyl (C=O) groups is 1. The molecule has 1 fully saturated rings. The normalized spacial score (nSPS) is 16.6. The highest BCUT2D eigenvalue weighted by atomic mass is 32.1. The van der Waals surface area contributed by atoms with Crippen molar-refractivity contribution in [1.82, 2.24) is 24.3 Å². The molecule has 1 amide bonds. The number of fused-ring (bicyclic) bond motifs is 1. The average Bonchev–Trinajstić information content (AvgIpc) is 3.41. The fraction of sp³-hybridized carbons (Fsp3) is 0.360. The minimum atomic E-state index is 0.0377. The van der Waals surface area contributed by atoms with Gasteiger partial charge in [-0.2, -0.15) is 0 Å². The van der Waals surface area contributed by atoms with Gasteiger partial charge in [0.2, 0.25) is 0 Å². The molecule has 1 aromatic carbocycles. The number of aromatic nitrogens is 4. The van der Waals surface area contributed by atoms with Gasteiger partial charge in [0.15, 0.2) is 5.65 Å². The quantitative estimate of drug-likeness (QED) is 0.443. The number of likely N-dealkylation sites (tertiary alicyclic amines) is 1. The predicted molar refractivity (Wildman–Crippen MR) is 127 cm³/mol. The first-order valence-corrected chi connectivity index (χ1v) is 12.0. The average molecular weight is 446 g/mol. The largest absolute Gasteiger partial charge is 0.334 e. The van der Waals surface area contributed by atoms with Crippen molar-refractivity contribution in [1.29, 1.82) is 0 Å². The van der Waals surface area contributed by atoms with Gasteiger partial charge in [-0.15, -0.1) is 11.3 Å². The van der Waals surface area contributed by atoms with Crippen molar-refractivity contribution in [2.75, 3.05) is 6.54 Å². The molecule has 6 nitrogen and oxygen atoms in total. The molecule has 4 heterocycles. The highest BCUT2D eigenvalue weighted by molar-refractivity contribution is 7.15. The summed E-state index contributed by atoms with van der Waals surface area (Å²) in [6.45, 7) is 6.76. The van der Waals surface area contributed by atoms with Gasteiger partial charge in [0.1, 0.15) is 5.69 Å². The third kappa shape index (κ3) is 3.81. The number of amides is 1. The molecule has 0 aliphatic carbocycles. The number of piperidine rings is 1. The van der Waals surface area contributed by atoms with Crippen molar-refractivity contribution in [2.24, 2.45) is 0 Å². The summed E-state index contributed by atoms with van der Waals surface area (Å²) in [5.41, 5.74) is 5.52. The fourth-order valence-corrected chi connectivity index (χ4v) is 5.49. The van der Waals surface area contributed by atoms with E-state index in [0.717, 1.165) is 70.4 Å². The van der Waals surface area contributed by atoms with Crippen molar-refractivity contribution in [3.8, 4) is 10.4 Å². The standard InChI is InChI=1S/C25H27N5OS/c1-16-14-26-17(2)24-28-20(15-30(16)24)13-21-11-7-8-12-29(21)25(31)22-23(32-18(3)27-22)19-9-5-4-6-10-19/h4-6,9-10,14-15,21H,7-8,11-13H2,1-3H3/t21-/m0/s1. The lowest BCUT2D eigenvalue weighted by Gasteiger charge is -2.35. The van der Waals surface area contributed by atoms with Crippen molar-refractivity contribution in [3.63, 3.8) is 0 Å². The Bertz CT molecular complexity index is 1240. The van der Waals surface area contributed by atoms with Gasteiger partial charge in [-0.1, -0.05) is 30.3 Å². The Labute approximate surface area is 192 Å². The van der Waals surface area contributed by atoms with Gasteiger partial charge in [0.05, 0.1) is 21.3 Å². The first-order valence-electron chi connectivity index (χ1n) is 11.2. The zero-order valence-corrected chi connectivity index (χ0v) is 19.5. The number of aryl methyl sites for hydroxylation is 3. The number of hydrogen-bond donors (Lipinski definition) is 0. The summed E-state index contributed by atoms with van der Waals surface area (Å²) in [6.07, 6.45) is 7.86. The lowest BCUT2D eigenvalue weighted by Crippen LogP contribution is -2.45. The SMILES string of the molecule is Cc1nc(C(=O)N2CCCC[C@H]2Cc2cn3c(C)cnc(C)c3n2)c(-c2ccccc2)s1. The van der Waals surface area contributed by atoms with Gasteiger partial charge in [-0.05, 0) is 45.6 Å². The van der Waals surface area contributed by atoms with Crippen LogP contribution < -0.4 is 0 Å². The number of hydrogen-bond acceptors (Lipinski definition) is 5. The molecule has 0 saturated carbocycles. The van der Waals surface area contributed by atoms with Crippen LogP contribution in [0.3, 0.4) is 0 Å². The zero-order valence-electron chi connectivity index (χ0n) is 18.7. The van der Waals surface area contributed by atoms with Crippen LogP contribution in [0.15, 0.2) is 42.7 Å². The van der Waals surface area contributed by atoms with Crippen LogP contribution in [0.1, 0.15) is 51.8 Å². The minimum Gasteiger partial charge on any atom is -0.334 e. The molecule has 164 valence electrons. The van der Waals surface area contributed by atoms with Crippen LogP contribution in [0.5, 0.6) is 0 Å². The summed E-state index contributed by atoms with van der Waals surface area (Å²) in [4.78, 5) is 30.7. The smallest absolute Gasteiger partial charge is 0.274 e. The van der Waals surface area contributed by atoms with E-state index in [1.807, 2.05) is 62.2 Å². The van der Waals surface area contributed by atoms with E-state index in [9.17, 15) is 4.79 Å². The number of imidazole rings is 1. The minimum absolute atomic E-state index is 0.0377. The molecule has 0 spiro atoms. The highest BCUT2D eigenvalue weighted by Crippen LogP contribution is 2.32. The number of benzene rings is 1. The van der Waals surface area contributed by atoms with E-state index in [0.29, 0.717) is 5.69 Å². The maximum absolute atomic E-state index is 13.7. The van der Waals surface area contributed by atoms with Gasteiger partial charge >= 0.3 is 0 Å². The molecule has 0 unspecified atom stereocenters. The Balaban J connectivity index is 1.45. The van der Waals surface area contributed by atoms with Gasteiger partial charge in [-0.25, -0.2) is 9.97 Å². The summed E-state index contributed by atoms with van der Waals surface area (Å²) in [5.74, 6) is 0.0377. The van der Waals surface area contributed by atoms with Gasteiger partial charge in [0.25, 0.3) is 5.91 Å². The second kappa shape index (κ2) is 8.47. The van der Waals surface area contributed by atoms with E-state index in [1.165, 1.54) is 0 Å². The molecule has 1 atom stereocenters. The monoisotopic (exact) mass is 445 g/mol. The van der Waals surface area contributed by atoms with E-state index < -0.39 is 0 Å². The van der Waals surface area contributed by atoms with Crippen LogP contribution in [-0.4, -0.2) is 42.7 Å². The van der Waals surface area contributed by atoms with E-state index in [1.54, 1.807) is 11.3 Å². The van der Waals surface area contributed by atoms with Crippen LogP contribution in [0.4, 0.5) is 0 Å². The molecule has 5 rings (SSSR count). The highest BCUT2D eigenvalue weighted by Gasteiger charge is 2.31. The van der Waals surface area contributed by atoms with Crippen molar-refractivity contribution < 1.29 is 4.79 Å². The molecule has 0 N–H and O–H groups in total. The lowest BCUT2D eigenvalue weighted by molar-refractivity contribution is 0.0608. The number of nitrogens with zero attached hydrogens (tertiary/aromatic N) is 5. The summed E-state index contributed by atoms with van der Waals surface area (Å²) in [6, 6.07) is 10.2. The Morgan fingerprint density at radius 2 is 1.94 bits per heavy atom. The number of rotatable bonds is 4. The first-order chi connectivity index (χ1) is 15.5. The summed E-state index contributed by atoms with van der Waals surface area (Å²) >= 11 is 1.59. The predicted octanol–water partition coefficient (Wildman–Crippen LogP) is 5.02. The molecular weight excluding hydrogens is 418 g/mol. The van der Waals surface area contributed by atoms with Gasteiger partial charge in [-0.3, -0.25) is 9.78 Å². The topological polar surface area (TPSA) is 63.4 Å². The van der Waals surface area contributed by atoms with E-state index in [4.69, 9.17) is 4.98 Å². The van der Waals surface area contributed by atoms with Crippen LogP contribution in [0, 0.1) is 20.8 Å². The van der Waals surface area contributed by atoms with E-state index in [-0.39, 0.29) is 11.9 Å². The zero-order chi connectivity index (χ0) is 22.2. The molecule has 7 heteroatoms. The molecule has 1 aliphatic heterocycles. The van der Waals surface area contributed by atoms with Crippen LogP contribution in [0.25, 0.3) is 16.1 Å². The second-order valence-corrected chi connectivity index (χ2v) is 9.74. The van der Waals surface area contributed by atoms with Gasteiger partial charge in [0, 0.05) is 37.1 Å². The van der Waals surface area contributed by atoms with E-state index in [2.05, 4.69) is 20.6 Å². The van der Waals surface area contributed by atoms with Crippen LogP contribution >= 0.6 is 11.3 Å². The molecule has 1 saturated heterocycles. The van der Waals surface area contributed by atoms with Crippen LogP contribution in [0.2, 0.25) is 0 Å². The Kier molecular flexibility index (Phi) is 5.51. The Hall–Kier alpha value is -3.06. The molecule has 4 aromatic rings. The molecular formula is C25H27N5OS. The first kappa shape index (κ1) is 20.8. The van der Waals surface area contributed by atoms with Crippen molar-refractivity contribution in [2.45, 2.75) is 52.5 Å². The van der Waals surface area contributed by atoms with Crippen molar-refractivity contribution in [3.05, 3.63) is 70.5 Å². The Morgan fingerprint density at radius 3 is 2.72 bits per heavy atom. The summed E-state index contributed by atoms with van der Waals surface area (Å²) in [7, 11) is 0. The lowest BCUT2D eigenvalue weighted by atomic mass is 9.97. The molecule has 0 bridgehead atoms. The number of thiazole rings is 1. The maximum Gasteiger partial charge on any atom is 0.274 e. The van der Waals surface area contributed by atoms with Gasteiger partial charge < -0.3 is 9.30 Å². The molecule has 1 aliphatic rings. The van der Waals surface area contributed by atoms with Crippen molar-refractivity contribution >= 4 is 22.9 Å².